The minimum Gasteiger partial charge on any atom is -0.383 e. The van der Waals surface area contributed by atoms with Gasteiger partial charge in [0.2, 0.25) is 0 Å². The van der Waals surface area contributed by atoms with Crippen molar-refractivity contribution in [2.24, 2.45) is 0 Å². The highest BCUT2D eigenvalue weighted by molar-refractivity contribution is 7.07. The van der Waals surface area contributed by atoms with E-state index in [1.165, 1.54) is 11.3 Å². The highest BCUT2D eigenvalue weighted by Crippen LogP contribution is 1.98. The molecule has 1 N–H and O–H groups in total. The van der Waals surface area contributed by atoms with Crippen LogP contribution >= 0.6 is 11.3 Å². The Morgan fingerprint density at radius 2 is 2.45 bits per heavy atom. The third-order valence-corrected chi connectivity index (χ3v) is 2.43. The van der Waals surface area contributed by atoms with E-state index in [1.54, 1.807) is 7.11 Å². The maximum absolute atomic E-state index is 7.50. The van der Waals surface area contributed by atoms with Crippen molar-refractivity contribution in [1.29, 1.82) is 5.41 Å². The number of rotatable bonds is 3. The fraction of sp³-hybridized carbons (Fsp3) is 0.571. The Labute approximate surface area is 69.8 Å². The number of hydrogen-bond donors (Lipinski definition) is 1. The van der Waals surface area contributed by atoms with E-state index in [0.717, 1.165) is 12.2 Å². The van der Waals surface area contributed by atoms with Crippen molar-refractivity contribution in [3.63, 3.8) is 0 Å². The lowest BCUT2D eigenvalue weighted by molar-refractivity contribution is 0.185. The monoisotopic (exact) mass is 172 g/mol. The normalized spacial score (nSPS) is 10.4. The number of methoxy groups -OCH3 is 1. The first-order valence-electron chi connectivity index (χ1n) is 3.44. The molecule has 3 nitrogen and oxygen atoms in total. The van der Waals surface area contributed by atoms with Crippen LogP contribution in [0.25, 0.3) is 0 Å². The Hall–Kier alpha value is -0.610. The predicted octanol–water partition coefficient (Wildman–Crippen LogP) is 0.984. The molecule has 0 spiro atoms. The molecule has 0 aliphatic heterocycles. The molecule has 1 rings (SSSR count). The number of hydrogen-bond acceptors (Lipinski definition) is 3. The molecule has 0 saturated heterocycles. The average Bonchev–Trinajstić information content (AvgIpc) is 2.29. The van der Waals surface area contributed by atoms with Gasteiger partial charge in [0.25, 0.3) is 0 Å². The van der Waals surface area contributed by atoms with Crippen LogP contribution in [-0.4, -0.2) is 18.3 Å². The summed E-state index contributed by atoms with van der Waals surface area (Å²) in [6.45, 7) is 3.46. The predicted molar refractivity (Wildman–Crippen MR) is 44.8 cm³/mol. The Bertz CT molecular complexity index is 276. The molecule has 0 aliphatic rings. The van der Waals surface area contributed by atoms with Crippen LogP contribution in [0.5, 0.6) is 0 Å². The quantitative estimate of drug-likeness (QED) is 0.725. The molecule has 1 aromatic rings. The third kappa shape index (κ3) is 1.91. The zero-order valence-electron chi connectivity index (χ0n) is 6.76. The summed E-state index contributed by atoms with van der Waals surface area (Å²) in [5.74, 6) is 0. The topological polar surface area (TPSA) is 38.0 Å². The van der Waals surface area contributed by atoms with Gasteiger partial charge >= 0.3 is 0 Å². The van der Waals surface area contributed by atoms with Crippen molar-refractivity contribution in [2.75, 3.05) is 13.7 Å². The second-order valence-electron chi connectivity index (χ2n) is 2.33. The second kappa shape index (κ2) is 3.69. The van der Waals surface area contributed by atoms with Crippen LogP contribution in [0.3, 0.4) is 0 Å². The third-order valence-electron chi connectivity index (χ3n) is 1.53. The van der Waals surface area contributed by atoms with Crippen molar-refractivity contribution in [3.05, 3.63) is 15.9 Å². The van der Waals surface area contributed by atoms with Crippen LogP contribution in [0.4, 0.5) is 0 Å². The molecule has 1 heterocycles. The molecular weight excluding hydrogens is 160 g/mol. The van der Waals surface area contributed by atoms with Gasteiger partial charge in [-0.05, 0) is 6.92 Å². The van der Waals surface area contributed by atoms with Crippen molar-refractivity contribution >= 4 is 11.3 Å². The highest BCUT2D eigenvalue weighted by atomic mass is 32.1. The zero-order valence-corrected chi connectivity index (χ0v) is 7.57. The SMILES string of the molecule is COCCn1c(C)csc1=N. The van der Waals surface area contributed by atoms with Crippen LogP contribution in [-0.2, 0) is 11.3 Å². The van der Waals surface area contributed by atoms with E-state index >= 15 is 0 Å². The molecule has 4 heteroatoms. The van der Waals surface area contributed by atoms with Crippen LogP contribution in [0.2, 0.25) is 0 Å². The Kier molecular flexibility index (Phi) is 2.84. The second-order valence-corrected chi connectivity index (χ2v) is 3.18. The standard InChI is InChI=1S/C7H12N2OS/c1-6-5-11-7(8)9(6)3-4-10-2/h5,8H,3-4H2,1-2H3. The molecule has 0 fully saturated rings. The number of nitrogens with zero attached hydrogens (tertiary/aromatic N) is 1. The molecular formula is C7H12N2OS. The van der Waals surface area contributed by atoms with E-state index in [-0.39, 0.29) is 0 Å². The summed E-state index contributed by atoms with van der Waals surface area (Å²) in [5.41, 5.74) is 1.14. The van der Waals surface area contributed by atoms with Crippen LogP contribution in [0.1, 0.15) is 5.69 Å². The molecule has 0 aliphatic carbocycles. The summed E-state index contributed by atoms with van der Waals surface area (Å²) in [7, 11) is 1.67. The summed E-state index contributed by atoms with van der Waals surface area (Å²) >= 11 is 1.46. The molecule has 62 valence electrons. The van der Waals surface area contributed by atoms with Gasteiger partial charge < -0.3 is 9.30 Å². The van der Waals surface area contributed by atoms with Crippen molar-refractivity contribution in [2.45, 2.75) is 13.5 Å². The molecule has 0 atom stereocenters. The average molecular weight is 172 g/mol. The lowest BCUT2D eigenvalue weighted by Crippen LogP contribution is -2.17. The van der Waals surface area contributed by atoms with E-state index in [0.29, 0.717) is 11.4 Å². The van der Waals surface area contributed by atoms with Gasteiger partial charge in [-0.1, -0.05) is 0 Å². The summed E-state index contributed by atoms with van der Waals surface area (Å²) in [4.78, 5) is 0.597. The summed E-state index contributed by atoms with van der Waals surface area (Å²) < 4.78 is 6.86. The fourth-order valence-electron chi connectivity index (χ4n) is 0.889. The van der Waals surface area contributed by atoms with Gasteiger partial charge in [-0.25, -0.2) is 0 Å². The maximum Gasteiger partial charge on any atom is 0.182 e. The zero-order chi connectivity index (χ0) is 8.27. The molecule has 0 saturated carbocycles. The van der Waals surface area contributed by atoms with Gasteiger partial charge in [0.1, 0.15) is 0 Å². The van der Waals surface area contributed by atoms with E-state index in [4.69, 9.17) is 10.1 Å². The minimum atomic E-state index is 0.597. The van der Waals surface area contributed by atoms with Crippen molar-refractivity contribution in [1.82, 2.24) is 4.57 Å². The molecule has 0 unspecified atom stereocenters. The summed E-state index contributed by atoms with van der Waals surface area (Å²) in [6, 6.07) is 0. The van der Waals surface area contributed by atoms with Crippen LogP contribution < -0.4 is 4.80 Å². The van der Waals surface area contributed by atoms with E-state index < -0.39 is 0 Å². The number of nitrogens with one attached hydrogen (secondary N) is 1. The largest absolute Gasteiger partial charge is 0.383 e. The number of aromatic nitrogens is 1. The molecule has 0 amide bonds. The molecule has 1 aromatic heterocycles. The Morgan fingerprint density at radius 3 is 2.91 bits per heavy atom. The van der Waals surface area contributed by atoms with Crippen molar-refractivity contribution < 1.29 is 4.74 Å². The molecule has 0 aromatic carbocycles. The molecule has 0 bridgehead atoms. The van der Waals surface area contributed by atoms with Gasteiger partial charge in [0.15, 0.2) is 4.80 Å². The van der Waals surface area contributed by atoms with Gasteiger partial charge in [0, 0.05) is 24.7 Å². The van der Waals surface area contributed by atoms with E-state index in [1.807, 2.05) is 16.9 Å². The first-order chi connectivity index (χ1) is 5.25. The number of thiazole rings is 1. The molecule has 0 radical (unpaired) electrons. The maximum atomic E-state index is 7.50. The smallest absolute Gasteiger partial charge is 0.182 e. The highest BCUT2D eigenvalue weighted by Gasteiger charge is 1.97. The minimum absolute atomic E-state index is 0.597. The summed E-state index contributed by atoms with van der Waals surface area (Å²) in [5, 5.41) is 9.48. The molecule has 11 heavy (non-hydrogen) atoms. The lowest BCUT2D eigenvalue weighted by Gasteiger charge is -2.02. The van der Waals surface area contributed by atoms with Crippen molar-refractivity contribution in [3.8, 4) is 0 Å². The van der Waals surface area contributed by atoms with Gasteiger partial charge in [-0.3, -0.25) is 5.41 Å². The summed E-state index contributed by atoms with van der Waals surface area (Å²) in [6.07, 6.45) is 0. The van der Waals surface area contributed by atoms with E-state index in [2.05, 4.69) is 0 Å². The van der Waals surface area contributed by atoms with Crippen LogP contribution in [0, 0.1) is 12.3 Å². The Balaban J connectivity index is 2.75. The lowest BCUT2D eigenvalue weighted by atomic mass is 10.5. The Morgan fingerprint density at radius 1 is 1.73 bits per heavy atom. The van der Waals surface area contributed by atoms with Gasteiger partial charge in [0.05, 0.1) is 6.61 Å². The van der Waals surface area contributed by atoms with Gasteiger partial charge in [-0.15, -0.1) is 11.3 Å². The van der Waals surface area contributed by atoms with E-state index in [9.17, 15) is 0 Å². The first-order valence-corrected chi connectivity index (χ1v) is 4.32. The fourth-order valence-corrected chi connectivity index (χ4v) is 1.66. The first kappa shape index (κ1) is 8.49. The number of aryl methyl sites for hydroxylation is 1. The van der Waals surface area contributed by atoms with Crippen LogP contribution in [0.15, 0.2) is 5.38 Å². The van der Waals surface area contributed by atoms with Gasteiger partial charge in [-0.2, -0.15) is 0 Å². The number of ether oxygens (including phenoxy) is 1.